The van der Waals surface area contributed by atoms with Crippen molar-refractivity contribution in [2.45, 2.75) is 13.0 Å². The number of likely N-dealkylation sites (tertiary alicyclic amines) is 1. The van der Waals surface area contributed by atoms with Gasteiger partial charge in [0.2, 0.25) is 0 Å². The lowest BCUT2D eigenvalue weighted by Crippen LogP contribution is -2.40. The van der Waals surface area contributed by atoms with Gasteiger partial charge >= 0.3 is 0 Å². The van der Waals surface area contributed by atoms with Crippen molar-refractivity contribution >= 4 is 41.0 Å². The second-order valence-electron chi connectivity index (χ2n) is 6.03. The van der Waals surface area contributed by atoms with Gasteiger partial charge in [-0.1, -0.05) is 12.1 Å². The number of fused-ring (bicyclic) bond motifs is 1. The predicted octanol–water partition coefficient (Wildman–Crippen LogP) is 2.24. The standard InChI is InChI=1S/C17H25N5O.HI/c1-18-17(22-9-8-13(11-22)12-23-3)19-10-16-20-14-6-4-5-7-15(14)21(16)2;/h4-7,13H,8-12H2,1-3H3,(H,18,19);1H. The zero-order valence-corrected chi connectivity index (χ0v) is 16.9. The number of imidazole rings is 1. The number of hydrogen-bond acceptors (Lipinski definition) is 3. The largest absolute Gasteiger partial charge is 0.384 e. The number of methoxy groups -OCH3 is 1. The Labute approximate surface area is 160 Å². The van der Waals surface area contributed by atoms with Crippen LogP contribution in [0.2, 0.25) is 0 Å². The second kappa shape index (κ2) is 8.66. The first-order chi connectivity index (χ1) is 11.2. The van der Waals surface area contributed by atoms with Crippen LogP contribution in [0.3, 0.4) is 0 Å². The molecule has 7 heteroatoms. The molecule has 1 aliphatic rings. The Morgan fingerprint density at radius 3 is 2.92 bits per heavy atom. The maximum Gasteiger partial charge on any atom is 0.194 e. The Morgan fingerprint density at radius 1 is 1.42 bits per heavy atom. The average molecular weight is 443 g/mol. The maximum absolute atomic E-state index is 5.27. The summed E-state index contributed by atoms with van der Waals surface area (Å²) in [5.41, 5.74) is 2.18. The molecular formula is C17H26IN5O. The fraction of sp³-hybridized carbons (Fsp3) is 0.529. The van der Waals surface area contributed by atoms with E-state index in [1.54, 1.807) is 7.11 Å². The van der Waals surface area contributed by atoms with Crippen molar-refractivity contribution in [2.75, 3.05) is 33.9 Å². The van der Waals surface area contributed by atoms with Crippen LogP contribution in [0.15, 0.2) is 29.3 Å². The fourth-order valence-corrected chi connectivity index (χ4v) is 3.24. The van der Waals surface area contributed by atoms with Gasteiger partial charge < -0.3 is 19.5 Å². The van der Waals surface area contributed by atoms with Crippen LogP contribution < -0.4 is 5.32 Å². The molecule has 1 saturated heterocycles. The molecule has 132 valence electrons. The number of benzene rings is 1. The molecule has 1 aromatic carbocycles. The molecule has 1 N–H and O–H groups in total. The van der Waals surface area contributed by atoms with E-state index in [4.69, 9.17) is 9.72 Å². The number of aryl methyl sites for hydroxylation is 1. The SMILES string of the molecule is CN=C(NCc1nc2ccccc2n1C)N1CCC(COC)C1.I. The van der Waals surface area contributed by atoms with Gasteiger partial charge in [-0.15, -0.1) is 24.0 Å². The third-order valence-corrected chi connectivity index (χ3v) is 4.48. The molecule has 0 radical (unpaired) electrons. The topological polar surface area (TPSA) is 54.7 Å². The van der Waals surface area contributed by atoms with Crippen molar-refractivity contribution in [1.82, 2.24) is 19.8 Å². The number of para-hydroxylation sites is 2. The van der Waals surface area contributed by atoms with Crippen LogP contribution in [-0.2, 0) is 18.3 Å². The number of guanidine groups is 1. The minimum Gasteiger partial charge on any atom is -0.384 e. The van der Waals surface area contributed by atoms with E-state index in [1.807, 2.05) is 25.2 Å². The molecule has 3 rings (SSSR count). The van der Waals surface area contributed by atoms with E-state index in [2.05, 4.69) is 32.9 Å². The van der Waals surface area contributed by atoms with Crippen molar-refractivity contribution in [3.63, 3.8) is 0 Å². The van der Waals surface area contributed by atoms with E-state index in [9.17, 15) is 0 Å². The van der Waals surface area contributed by atoms with Gasteiger partial charge in [0.15, 0.2) is 5.96 Å². The number of aliphatic imine (C=N–C) groups is 1. The summed E-state index contributed by atoms with van der Waals surface area (Å²) in [6, 6.07) is 8.20. The highest BCUT2D eigenvalue weighted by Gasteiger charge is 2.24. The van der Waals surface area contributed by atoms with Crippen molar-refractivity contribution < 1.29 is 4.74 Å². The molecule has 24 heavy (non-hydrogen) atoms. The van der Waals surface area contributed by atoms with Gasteiger partial charge in [-0.05, 0) is 18.6 Å². The van der Waals surface area contributed by atoms with E-state index in [0.29, 0.717) is 12.5 Å². The van der Waals surface area contributed by atoms with Crippen LogP contribution in [0.4, 0.5) is 0 Å². The molecule has 1 atom stereocenters. The third-order valence-electron chi connectivity index (χ3n) is 4.48. The summed E-state index contributed by atoms with van der Waals surface area (Å²) in [6.45, 7) is 3.51. The first-order valence-electron chi connectivity index (χ1n) is 8.07. The molecular weight excluding hydrogens is 417 g/mol. The van der Waals surface area contributed by atoms with Crippen molar-refractivity contribution in [3.8, 4) is 0 Å². The second-order valence-corrected chi connectivity index (χ2v) is 6.03. The van der Waals surface area contributed by atoms with Crippen molar-refractivity contribution in [1.29, 1.82) is 0 Å². The lowest BCUT2D eigenvalue weighted by molar-refractivity contribution is 0.157. The number of halogens is 1. The Bertz CT molecular complexity index is 699. The Balaban J connectivity index is 0.00000208. The molecule has 6 nitrogen and oxygen atoms in total. The molecule has 2 heterocycles. The summed E-state index contributed by atoms with van der Waals surface area (Å²) in [6.07, 6.45) is 1.15. The minimum atomic E-state index is 0. The molecule has 1 fully saturated rings. The average Bonchev–Trinajstić information content (AvgIpc) is 3.15. The Hall–Kier alpha value is -1.35. The quantitative estimate of drug-likeness (QED) is 0.448. The molecule has 2 aromatic rings. The zero-order chi connectivity index (χ0) is 16.2. The monoisotopic (exact) mass is 443 g/mol. The molecule has 0 bridgehead atoms. The lowest BCUT2D eigenvalue weighted by atomic mass is 10.1. The molecule has 0 aliphatic carbocycles. The van der Waals surface area contributed by atoms with Gasteiger partial charge in [0.25, 0.3) is 0 Å². The summed E-state index contributed by atoms with van der Waals surface area (Å²) in [5.74, 6) is 2.55. The number of hydrogen-bond donors (Lipinski definition) is 1. The summed E-state index contributed by atoms with van der Waals surface area (Å²) in [5, 5.41) is 3.44. The van der Waals surface area contributed by atoms with Crippen LogP contribution in [-0.4, -0.2) is 54.3 Å². The highest BCUT2D eigenvalue weighted by molar-refractivity contribution is 14.0. The number of rotatable bonds is 4. The van der Waals surface area contributed by atoms with Gasteiger partial charge in [0, 0.05) is 40.2 Å². The molecule has 1 unspecified atom stereocenters. The van der Waals surface area contributed by atoms with Gasteiger partial charge in [0.05, 0.1) is 24.2 Å². The molecule has 1 aliphatic heterocycles. The van der Waals surface area contributed by atoms with E-state index >= 15 is 0 Å². The Morgan fingerprint density at radius 2 is 2.21 bits per heavy atom. The van der Waals surface area contributed by atoms with Gasteiger partial charge in [-0.3, -0.25) is 4.99 Å². The summed E-state index contributed by atoms with van der Waals surface area (Å²) >= 11 is 0. The van der Waals surface area contributed by atoms with Crippen LogP contribution in [0.1, 0.15) is 12.2 Å². The maximum atomic E-state index is 5.27. The van der Waals surface area contributed by atoms with E-state index in [0.717, 1.165) is 48.9 Å². The predicted molar refractivity (Wildman–Crippen MR) is 108 cm³/mol. The van der Waals surface area contributed by atoms with Gasteiger partial charge in [0.1, 0.15) is 5.82 Å². The highest BCUT2D eigenvalue weighted by Crippen LogP contribution is 2.17. The lowest BCUT2D eigenvalue weighted by Gasteiger charge is -2.21. The normalized spacial score (nSPS) is 18.0. The summed E-state index contributed by atoms with van der Waals surface area (Å²) in [4.78, 5) is 11.4. The molecule has 0 spiro atoms. The van der Waals surface area contributed by atoms with E-state index in [-0.39, 0.29) is 24.0 Å². The zero-order valence-electron chi connectivity index (χ0n) is 14.5. The van der Waals surface area contributed by atoms with Crippen molar-refractivity contribution in [2.24, 2.45) is 18.0 Å². The van der Waals surface area contributed by atoms with Crippen LogP contribution in [0, 0.1) is 5.92 Å². The first-order valence-corrected chi connectivity index (χ1v) is 8.07. The third kappa shape index (κ3) is 4.00. The van der Waals surface area contributed by atoms with E-state index < -0.39 is 0 Å². The molecule has 0 saturated carbocycles. The van der Waals surface area contributed by atoms with Gasteiger partial charge in [-0.2, -0.15) is 0 Å². The molecule has 0 amide bonds. The first kappa shape index (κ1) is 19.0. The van der Waals surface area contributed by atoms with Gasteiger partial charge in [-0.25, -0.2) is 4.98 Å². The smallest absolute Gasteiger partial charge is 0.194 e. The van der Waals surface area contributed by atoms with Crippen LogP contribution in [0.5, 0.6) is 0 Å². The molecule has 1 aromatic heterocycles. The highest BCUT2D eigenvalue weighted by atomic mass is 127. The number of ether oxygens (including phenoxy) is 1. The summed E-state index contributed by atoms with van der Waals surface area (Å²) < 4.78 is 7.40. The minimum absolute atomic E-state index is 0. The van der Waals surface area contributed by atoms with Crippen LogP contribution >= 0.6 is 24.0 Å². The fourth-order valence-electron chi connectivity index (χ4n) is 3.24. The number of aromatic nitrogens is 2. The number of nitrogens with zero attached hydrogens (tertiary/aromatic N) is 4. The van der Waals surface area contributed by atoms with Crippen molar-refractivity contribution in [3.05, 3.63) is 30.1 Å². The van der Waals surface area contributed by atoms with Crippen LogP contribution in [0.25, 0.3) is 11.0 Å². The Kier molecular flexibility index (Phi) is 6.85. The van der Waals surface area contributed by atoms with E-state index in [1.165, 1.54) is 0 Å². The summed E-state index contributed by atoms with van der Waals surface area (Å²) in [7, 11) is 5.65. The number of nitrogens with one attached hydrogen (secondary N) is 1.